The van der Waals surface area contributed by atoms with Crippen molar-refractivity contribution in [2.45, 2.75) is 43.9 Å². The molecule has 0 radical (unpaired) electrons. The van der Waals surface area contributed by atoms with Gasteiger partial charge in [-0.3, -0.25) is 14.2 Å². The molecule has 0 spiro atoms. The zero-order chi connectivity index (χ0) is 21.8. The molecule has 0 atom stereocenters. The number of hydrogen-bond acceptors (Lipinski definition) is 6. The lowest BCUT2D eigenvalue weighted by atomic mass is 9.97. The van der Waals surface area contributed by atoms with Crippen LogP contribution in [0.1, 0.15) is 28.8 Å². The van der Waals surface area contributed by atoms with Gasteiger partial charge in [0.05, 0.1) is 24.3 Å². The van der Waals surface area contributed by atoms with Crippen LogP contribution in [0, 0.1) is 0 Å². The number of halogens is 1. The molecule has 1 amide bonds. The monoisotopic (exact) mass is 477 g/mol. The van der Waals surface area contributed by atoms with Gasteiger partial charge in [0.1, 0.15) is 4.83 Å². The molecule has 3 aromatic rings. The second-order valence-electron chi connectivity index (χ2n) is 7.43. The normalized spacial score (nSPS) is 13.4. The fourth-order valence-corrected chi connectivity index (χ4v) is 5.98. The van der Waals surface area contributed by atoms with Crippen LogP contribution < -0.4 is 10.9 Å². The molecule has 1 N–H and O–H groups in total. The molecule has 0 bridgehead atoms. The van der Waals surface area contributed by atoms with Crippen molar-refractivity contribution in [3.05, 3.63) is 55.6 Å². The van der Waals surface area contributed by atoms with E-state index in [4.69, 9.17) is 21.3 Å². The number of fused-ring (bicyclic) bond motifs is 3. The maximum atomic E-state index is 13.3. The standard InChI is InChI=1S/C22H24ClN3O3S2/c1-29-11-10-26-21(28)19-16-4-2-3-5-17(16)31-20(19)25-22(26)30-13-18(27)24-12-14-6-8-15(23)9-7-14/h6-9H,2-5,10-13H2,1H3,(H,24,27). The molecule has 0 fully saturated rings. The maximum absolute atomic E-state index is 13.3. The highest BCUT2D eigenvalue weighted by atomic mass is 35.5. The van der Waals surface area contributed by atoms with Gasteiger partial charge in [-0.25, -0.2) is 4.98 Å². The van der Waals surface area contributed by atoms with Gasteiger partial charge in [-0.15, -0.1) is 11.3 Å². The van der Waals surface area contributed by atoms with Crippen LogP contribution in [-0.4, -0.2) is 34.9 Å². The van der Waals surface area contributed by atoms with Gasteiger partial charge in [-0.1, -0.05) is 35.5 Å². The number of methoxy groups -OCH3 is 1. The first-order chi connectivity index (χ1) is 15.1. The summed E-state index contributed by atoms with van der Waals surface area (Å²) < 4.78 is 6.86. The number of benzene rings is 1. The number of aromatic nitrogens is 2. The van der Waals surface area contributed by atoms with Gasteiger partial charge >= 0.3 is 0 Å². The van der Waals surface area contributed by atoms with E-state index in [9.17, 15) is 9.59 Å². The summed E-state index contributed by atoms with van der Waals surface area (Å²) in [4.78, 5) is 32.6. The largest absolute Gasteiger partial charge is 0.383 e. The van der Waals surface area contributed by atoms with Gasteiger partial charge in [0.15, 0.2) is 5.16 Å². The number of rotatable bonds is 8. The Kier molecular flexibility index (Phi) is 7.32. The smallest absolute Gasteiger partial charge is 0.263 e. The summed E-state index contributed by atoms with van der Waals surface area (Å²) in [6, 6.07) is 7.36. The van der Waals surface area contributed by atoms with Crippen LogP contribution in [0.4, 0.5) is 0 Å². The Bertz CT molecular complexity index is 1140. The lowest BCUT2D eigenvalue weighted by Gasteiger charge is -2.13. The average Bonchev–Trinajstić information content (AvgIpc) is 3.15. The summed E-state index contributed by atoms with van der Waals surface area (Å²) in [5.74, 6) is 0.0712. The van der Waals surface area contributed by atoms with Crippen LogP contribution in [0.25, 0.3) is 10.2 Å². The van der Waals surface area contributed by atoms with Gasteiger partial charge in [0.2, 0.25) is 5.91 Å². The van der Waals surface area contributed by atoms with Crippen LogP contribution in [0.2, 0.25) is 5.02 Å². The molecule has 0 saturated carbocycles. The van der Waals surface area contributed by atoms with Crippen LogP contribution in [-0.2, 0) is 35.5 Å². The highest BCUT2D eigenvalue weighted by Crippen LogP contribution is 2.34. The highest BCUT2D eigenvalue weighted by molar-refractivity contribution is 7.99. The minimum atomic E-state index is -0.113. The number of amides is 1. The third kappa shape index (κ3) is 5.14. The Morgan fingerprint density at radius 3 is 2.84 bits per heavy atom. The predicted octanol–water partition coefficient (Wildman–Crippen LogP) is 4.05. The average molecular weight is 478 g/mol. The molecule has 0 aliphatic heterocycles. The SMILES string of the molecule is COCCn1c(SCC(=O)NCc2ccc(Cl)cc2)nc2sc3c(c2c1=O)CCCC3. The molecular formula is C22H24ClN3O3S2. The molecule has 0 unspecified atom stereocenters. The van der Waals surface area contributed by atoms with E-state index in [1.54, 1.807) is 35.1 Å². The molecule has 9 heteroatoms. The van der Waals surface area contributed by atoms with Crippen molar-refractivity contribution >= 4 is 50.8 Å². The minimum Gasteiger partial charge on any atom is -0.383 e. The highest BCUT2D eigenvalue weighted by Gasteiger charge is 2.22. The summed E-state index contributed by atoms with van der Waals surface area (Å²) in [5, 5.41) is 4.89. The number of nitrogens with zero attached hydrogens (tertiary/aromatic N) is 2. The fourth-order valence-electron chi connectivity index (χ4n) is 3.69. The molecule has 2 heterocycles. The molecule has 1 aromatic carbocycles. The summed E-state index contributed by atoms with van der Waals surface area (Å²) in [7, 11) is 1.61. The topological polar surface area (TPSA) is 73.2 Å². The lowest BCUT2D eigenvalue weighted by Crippen LogP contribution is -2.27. The third-order valence-electron chi connectivity index (χ3n) is 5.29. The molecular weight excluding hydrogens is 454 g/mol. The zero-order valence-corrected chi connectivity index (χ0v) is 19.7. The van der Waals surface area contributed by atoms with E-state index >= 15 is 0 Å². The first-order valence-corrected chi connectivity index (χ1v) is 12.4. The second-order valence-corrected chi connectivity index (χ2v) is 9.89. The van der Waals surface area contributed by atoms with Crippen molar-refractivity contribution in [1.29, 1.82) is 0 Å². The number of ether oxygens (including phenoxy) is 1. The Morgan fingerprint density at radius 2 is 2.06 bits per heavy atom. The molecule has 1 aliphatic carbocycles. The van der Waals surface area contributed by atoms with E-state index < -0.39 is 0 Å². The van der Waals surface area contributed by atoms with Crippen molar-refractivity contribution < 1.29 is 9.53 Å². The number of thioether (sulfide) groups is 1. The number of carbonyl (C=O) groups excluding carboxylic acids is 1. The Hall–Kier alpha value is -1.87. The number of hydrogen-bond donors (Lipinski definition) is 1. The minimum absolute atomic E-state index is 0.0227. The molecule has 164 valence electrons. The van der Waals surface area contributed by atoms with Crippen molar-refractivity contribution in [1.82, 2.24) is 14.9 Å². The number of thiophene rings is 1. The van der Waals surface area contributed by atoms with E-state index in [0.717, 1.165) is 41.5 Å². The maximum Gasteiger partial charge on any atom is 0.263 e. The molecule has 2 aromatic heterocycles. The van der Waals surface area contributed by atoms with E-state index in [-0.39, 0.29) is 17.2 Å². The van der Waals surface area contributed by atoms with Gasteiger partial charge in [-0.2, -0.15) is 0 Å². The molecule has 1 aliphatic rings. The van der Waals surface area contributed by atoms with Crippen LogP contribution in [0.3, 0.4) is 0 Å². The number of carbonyl (C=O) groups is 1. The van der Waals surface area contributed by atoms with Crippen LogP contribution in [0.5, 0.6) is 0 Å². The first-order valence-electron chi connectivity index (χ1n) is 10.2. The Labute approximate surface area is 194 Å². The summed E-state index contributed by atoms with van der Waals surface area (Å²) in [5.41, 5.74) is 2.13. The van der Waals surface area contributed by atoms with Crippen molar-refractivity contribution in [3.63, 3.8) is 0 Å². The Balaban J connectivity index is 1.52. The number of aryl methyl sites for hydroxylation is 2. The third-order valence-corrected chi connectivity index (χ3v) is 7.71. The van der Waals surface area contributed by atoms with Gasteiger partial charge in [0.25, 0.3) is 5.56 Å². The lowest BCUT2D eigenvalue weighted by molar-refractivity contribution is -0.118. The van der Waals surface area contributed by atoms with Crippen LogP contribution >= 0.6 is 34.7 Å². The molecule has 4 rings (SSSR count). The van der Waals surface area contributed by atoms with E-state index in [1.165, 1.54) is 22.2 Å². The van der Waals surface area contributed by atoms with Gasteiger partial charge < -0.3 is 10.1 Å². The van der Waals surface area contributed by atoms with Gasteiger partial charge in [-0.05, 0) is 48.9 Å². The second kappa shape index (κ2) is 10.2. The Morgan fingerprint density at radius 1 is 1.29 bits per heavy atom. The van der Waals surface area contributed by atoms with E-state index in [0.29, 0.717) is 29.9 Å². The van der Waals surface area contributed by atoms with Gasteiger partial charge in [0, 0.05) is 23.6 Å². The summed E-state index contributed by atoms with van der Waals surface area (Å²) >= 11 is 8.81. The van der Waals surface area contributed by atoms with Crippen molar-refractivity contribution in [2.24, 2.45) is 0 Å². The first kappa shape index (κ1) is 22.3. The fraction of sp³-hybridized carbons (Fsp3) is 0.409. The molecule has 6 nitrogen and oxygen atoms in total. The molecule has 0 saturated heterocycles. The van der Waals surface area contributed by atoms with Crippen molar-refractivity contribution in [2.75, 3.05) is 19.5 Å². The predicted molar refractivity (Wildman–Crippen MR) is 126 cm³/mol. The summed E-state index contributed by atoms with van der Waals surface area (Å²) in [6.45, 7) is 1.25. The number of nitrogens with one attached hydrogen (secondary N) is 1. The molecule has 31 heavy (non-hydrogen) atoms. The van der Waals surface area contributed by atoms with Crippen molar-refractivity contribution in [3.8, 4) is 0 Å². The quantitative estimate of drug-likeness (QED) is 0.391. The van der Waals surface area contributed by atoms with Crippen LogP contribution in [0.15, 0.2) is 34.2 Å². The summed E-state index contributed by atoms with van der Waals surface area (Å²) in [6.07, 6.45) is 4.23. The van der Waals surface area contributed by atoms with E-state index in [2.05, 4.69) is 5.32 Å². The van der Waals surface area contributed by atoms with E-state index in [1.807, 2.05) is 12.1 Å². The zero-order valence-electron chi connectivity index (χ0n) is 17.3.